The van der Waals surface area contributed by atoms with E-state index in [-0.39, 0.29) is 0 Å². The molecule has 3 aromatic rings. The number of aromatic nitrogens is 1. The van der Waals surface area contributed by atoms with Crippen LogP contribution >= 0.6 is 0 Å². The SMILES string of the molecule is c1ccc(/C(=N/Nc2ccc3ccccc3n2)N2CCOCC2)cc1. The molecule has 4 rings (SSSR count). The summed E-state index contributed by atoms with van der Waals surface area (Å²) in [5.74, 6) is 1.65. The van der Waals surface area contributed by atoms with E-state index in [0.717, 1.165) is 54.4 Å². The number of anilines is 1. The summed E-state index contributed by atoms with van der Waals surface area (Å²) in [4.78, 5) is 6.87. The van der Waals surface area contributed by atoms with Crippen LogP contribution in [0.1, 0.15) is 5.56 Å². The lowest BCUT2D eigenvalue weighted by atomic mass is 10.2. The zero-order chi connectivity index (χ0) is 16.9. The molecule has 0 aliphatic carbocycles. The number of nitrogens with zero attached hydrogens (tertiary/aromatic N) is 3. The van der Waals surface area contributed by atoms with Crippen LogP contribution in [0.25, 0.3) is 10.9 Å². The van der Waals surface area contributed by atoms with E-state index in [9.17, 15) is 0 Å². The van der Waals surface area contributed by atoms with Gasteiger partial charge in [0, 0.05) is 24.0 Å². The van der Waals surface area contributed by atoms with E-state index in [2.05, 4.69) is 44.7 Å². The quantitative estimate of drug-likeness (QED) is 0.454. The maximum Gasteiger partial charge on any atom is 0.156 e. The van der Waals surface area contributed by atoms with Gasteiger partial charge in [0.2, 0.25) is 0 Å². The second kappa shape index (κ2) is 7.32. The standard InChI is InChI=1S/C20H20N4O/c1-2-7-17(8-3-1)20(24-12-14-25-15-13-24)23-22-19-11-10-16-6-4-5-9-18(16)21-19/h1-11H,12-15H2,(H,21,22)/b23-20-. The molecule has 2 heterocycles. The summed E-state index contributed by atoms with van der Waals surface area (Å²) < 4.78 is 5.47. The number of morpholine rings is 1. The number of benzene rings is 2. The van der Waals surface area contributed by atoms with Gasteiger partial charge in [0.05, 0.1) is 18.7 Å². The van der Waals surface area contributed by atoms with E-state index in [0.29, 0.717) is 0 Å². The predicted molar refractivity (Wildman–Crippen MR) is 101 cm³/mol. The first-order chi connectivity index (χ1) is 12.4. The second-order valence-electron chi connectivity index (χ2n) is 5.90. The molecule has 1 fully saturated rings. The van der Waals surface area contributed by atoms with Crippen molar-refractivity contribution in [2.45, 2.75) is 0 Å². The number of pyridine rings is 1. The van der Waals surface area contributed by atoms with Gasteiger partial charge in [-0.1, -0.05) is 48.5 Å². The van der Waals surface area contributed by atoms with E-state index in [1.165, 1.54) is 0 Å². The Bertz CT molecular complexity index is 873. The number of rotatable bonds is 3. The van der Waals surface area contributed by atoms with Gasteiger partial charge in [-0.15, -0.1) is 0 Å². The first-order valence-corrected chi connectivity index (χ1v) is 8.48. The molecule has 0 spiro atoms. The molecule has 1 aliphatic rings. The lowest BCUT2D eigenvalue weighted by Crippen LogP contribution is -2.41. The van der Waals surface area contributed by atoms with Crippen LogP contribution in [0.3, 0.4) is 0 Å². The van der Waals surface area contributed by atoms with Gasteiger partial charge in [0.25, 0.3) is 0 Å². The molecular formula is C20H20N4O. The molecule has 25 heavy (non-hydrogen) atoms. The fourth-order valence-corrected chi connectivity index (χ4v) is 2.92. The number of ether oxygens (including phenoxy) is 1. The molecule has 126 valence electrons. The highest BCUT2D eigenvalue weighted by atomic mass is 16.5. The third-order valence-electron chi connectivity index (χ3n) is 4.22. The van der Waals surface area contributed by atoms with Crippen LogP contribution in [0.4, 0.5) is 5.82 Å². The Kier molecular flexibility index (Phi) is 4.57. The smallest absolute Gasteiger partial charge is 0.156 e. The van der Waals surface area contributed by atoms with Gasteiger partial charge in [-0.25, -0.2) is 4.98 Å². The summed E-state index contributed by atoms with van der Waals surface area (Å²) in [7, 11) is 0. The average Bonchev–Trinajstić information content (AvgIpc) is 2.70. The summed E-state index contributed by atoms with van der Waals surface area (Å²) in [5, 5.41) is 5.79. The van der Waals surface area contributed by atoms with Gasteiger partial charge in [-0.2, -0.15) is 5.10 Å². The molecule has 1 aliphatic heterocycles. The van der Waals surface area contributed by atoms with Gasteiger partial charge in [-0.05, 0) is 18.2 Å². The minimum atomic E-state index is 0.722. The van der Waals surface area contributed by atoms with Gasteiger partial charge in [0.1, 0.15) is 5.82 Å². The minimum absolute atomic E-state index is 0.722. The van der Waals surface area contributed by atoms with Gasteiger partial charge in [-0.3, -0.25) is 5.43 Å². The monoisotopic (exact) mass is 332 g/mol. The Balaban J connectivity index is 1.63. The fraction of sp³-hybridized carbons (Fsp3) is 0.200. The van der Waals surface area contributed by atoms with Crippen LogP contribution in [0.15, 0.2) is 71.8 Å². The number of hydrazone groups is 1. The Morgan fingerprint density at radius 3 is 2.52 bits per heavy atom. The van der Waals surface area contributed by atoms with E-state index >= 15 is 0 Å². The number of fused-ring (bicyclic) bond motifs is 1. The minimum Gasteiger partial charge on any atom is -0.378 e. The van der Waals surface area contributed by atoms with Crippen LogP contribution in [-0.4, -0.2) is 42.0 Å². The number of amidine groups is 1. The largest absolute Gasteiger partial charge is 0.378 e. The molecule has 0 amide bonds. The fourth-order valence-electron chi connectivity index (χ4n) is 2.92. The highest BCUT2D eigenvalue weighted by Crippen LogP contribution is 2.15. The Morgan fingerprint density at radius 2 is 1.68 bits per heavy atom. The summed E-state index contributed by atoms with van der Waals surface area (Å²) in [5.41, 5.74) is 5.16. The molecule has 1 N–H and O–H groups in total. The van der Waals surface area contributed by atoms with Crippen molar-refractivity contribution in [1.82, 2.24) is 9.88 Å². The summed E-state index contributed by atoms with van der Waals surface area (Å²) >= 11 is 0. The Labute approximate surface area is 146 Å². The molecule has 0 atom stereocenters. The molecule has 1 saturated heterocycles. The van der Waals surface area contributed by atoms with E-state index in [1.54, 1.807) is 0 Å². The molecule has 5 heteroatoms. The molecular weight excluding hydrogens is 312 g/mol. The maximum absolute atomic E-state index is 5.47. The molecule has 5 nitrogen and oxygen atoms in total. The van der Waals surface area contributed by atoms with Gasteiger partial charge in [0.15, 0.2) is 5.84 Å². The second-order valence-corrected chi connectivity index (χ2v) is 5.90. The van der Waals surface area contributed by atoms with Gasteiger partial charge >= 0.3 is 0 Å². The number of hydrogen-bond acceptors (Lipinski definition) is 4. The molecule has 0 saturated carbocycles. The van der Waals surface area contributed by atoms with E-state index < -0.39 is 0 Å². The van der Waals surface area contributed by atoms with Crippen molar-refractivity contribution in [3.8, 4) is 0 Å². The van der Waals surface area contributed by atoms with Gasteiger partial charge < -0.3 is 9.64 Å². The third kappa shape index (κ3) is 3.61. The van der Waals surface area contributed by atoms with E-state index in [1.807, 2.05) is 42.5 Å². The number of para-hydroxylation sites is 1. The summed E-state index contributed by atoms with van der Waals surface area (Å²) in [6, 6.07) is 22.3. The first kappa shape index (κ1) is 15.6. The van der Waals surface area contributed by atoms with Crippen molar-refractivity contribution in [2.24, 2.45) is 5.10 Å². The van der Waals surface area contributed by atoms with Crippen LogP contribution in [0, 0.1) is 0 Å². The zero-order valence-electron chi connectivity index (χ0n) is 13.9. The molecule has 0 radical (unpaired) electrons. The van der Waals surface area contributed by atoms with E-state index in [4.69, 9.17) is 4.74 Å². The summed E-state index contributed by atoms with van der Waals surface area (Å²) in [6.07, 6.45) is 0. The number of hydrogen-bond donors (Lipinski definition) is 1. The van der Waals surface area contributed by atoms with Crippen molar-refractivity contribution in [3.05, 3.63) is 72.3 Å². The zero-order valence-corrected chi connectivity index (χ0v) is 13.9. The lowest BCUT2D eigenvalue weighted by Gasteiger charge is -2.29. The van der Waals surface area contributed by atoms with Crippen LogP contribution < -0.4 is 5.43 Å². The summed E-state index contributed by atoms with van der Waals surface area (Å²) in [6.45, 7) is 3.11. The molecule has 2 aromatic carbocycles. The Hall–Kier alpha value is -2.92. The topological polar surface area (TPSA) is 49.8 Å². The lowest BCUT2D eigenvalue weighted by molar-refractivity contribution is 0.0682. The van der Waals surface area contributed by atoms with Crippen LogP contribution in [0.2, 0.25) is 0 Å². The average molecular weight is 332 g/mol. The first-order valence-electron chi connectivity index (χ1n) is 8.48. The molecule has 0 bridgehead atoms. The molecule has 0 unspecified atom stereocenters. The van der Waals surface area contributed by atoms with Crippen molar-refractivity contribution in [2.75, 3.05) is 31.7 Å². The molecule has 1 aromatic heterocycles. The van der Waals surface area contributed by atoms with Crippen molar-refractivity contribution < 1.29 is 4.74 Å². The maximum atomic E-state index is 5.47. The van der Waals surface area contributed by atoms with Crippen molar-refractivity contribution in [1.29, 1.82) is 0 Å². The van der Waals surface area contributed by atoms with Crippen molar-refractivity contribution >= 4 is 22.6 Å². The highest BCUT2D eigenvalue weighted by Gasteiger charge is 2.17. The Morgan fingerprint density at radius 1 is 0.920 bits per heavy atom. The van der Waals surface area contributed by atoms with Crippen LogP contribution in [0.5, 0.6) is 0 Å². The normalized spacial score (nSPS) is 15.4. The van der Waals surface area contributed by atoms with Crippen molar-refractivity contribution in [3.63, 3.8) is 0 Å². The highest BCUT2D eigenvalue weighted by molar-refractivity contribution is 5.99. The predicted octanol–water partition coefficient (Wildman–Crippen LogP) is 3.34. The number of nitrogens with one attached hydrogen (secondary N) is 1. The third-order valence-corrected chi connectivity index (χ3v) is 4.22. The van der Waals surface area contributed by atoms with Crippen LogP contribution in [-0.2, 0) is 4.74 Å².